The topological polar surface area (TPSA) is 58.9 Å². The lowest BCUT2D eigenvalue weighted by Gasteiger charge is -2.34. The van der Waals surface area contributed by atoms with Gasteiger partial charge in [0.25, 0.3) is 0 Å². The van der Waals surface area contributed by atoms with Crippen LogP contribution in [0.1, 0.15) is 52.9 Å². The summed E-state index contributed by atoms with van der Waals surface area (Å²) in [7, 11) is 0. The van der Waals surface area contributed by atoms with Crippen molar-refractivity contribution in [2.24, 2.45) is 21.3 Å². The van der Waals surface area contributed by atoms with Crippen molar-refractivity contribution in [3.8, 4) is 0 Å². The molecule has 4 nitrogen and oxygen atoms in total. The van der Waals surface area contributed by atoms with Gasteiger partial charge in [0.15, 0.2) is 0 Å². The molecule has 0 bridgehead atoms. The van der Waals surface area contributed by atoms with Gasteiger partial charge in [0.2, 0.25) is 12.2 Å². The van der Waals surface area contributed by atoms with E-state index in [9.17, 15) is 9.59 Å². The molecule has 0 aliphatic carbocycles. The number of carbonyl (C=O) groups excluding carboxylic acids is 2. The average molecular weight is 252 g/mol. The van der Waals surface area contributed by atoms with Crippen molar-refractivity contribution < 1.29 is 9.59 Å². The molecule has 0 aliphatic rings. The Kier molecular flexibility index (Phi) is 9.08. The lowest BCUT2D eigenvalue weighted by atomic mass is 9.72. The maximum absolute atomic E-state index is 10.2. The van der Waals surface area contributed by atoms with Crippen molar-refractivity contribution in [1.29, 1.82) is 0 Å². The minimum Gasteiger partial charge on any atom is -0.211 e. The fourth-order valence-corrected chi connectivity index (χ4v) is 2.69. The second kappa shape index (κ2) is 9.76. The summed E-state index contributed by atoms with van der Waals surface area (Å²) in [5.74, 6) is 0.359. The van der Waals surface area contributed by atoms with Gasteiger partial charge in [0.05, 0.1) is 13.1 Å². The maximum atomic E-state index is 10.2. The van der Waals surface area contributed by atoms with Crippen LogP contribution >= 0.6 is 0 Å². The molecule has 2 unspecified atom stereocenters. The molecule has 0 aromatic heterocycles. The SMILES string of the molecule is CCCC(CC)(CCN=C=O)CC(C)CN=C=O. The highest BCUT2D eigenvalue weighted by Crippen LogP contribution is 2.38. The first-order valence-electron chi connectivity index (χ1n) is 6.71. The van der Waals surface area contributed by atoms with Crippen LogP contribution in [0.25, 0.3) is 0 Å². The van der Waals surface area contributed by atoms with E-state index < -0.39 is 0 Å². The lowest BCUT2D eigenvalue weighted by molar-refractivity contribution is 0.179. The van der Waals surface area contributed by atoms with Crippen molar-refractivity contribution in [1.82, 2.24) is 0 Å². The van der Waals surface area contributed by atoms with Gasteiger partial charge in [-0.15, -0.1) is 0 Å². The van der Waals surface area contributed by atoms with Crippen LogP contribution in [0.3, 0.4) is 0 Å². The number of aliphatic imine (C=N–C) groups is 2. The van der Waals surface area contributed by atoms with Gasteiger partial charge in [-0.05, 0) is 30.6 Å². The van der Waals surface area contributed by atoms with Gasteiger partial charge in [-0.25, -0.2) is 19.6 Å². The predicted octanol–water partition coefficient (Wildman–Crippen LogP) is 3.27. The Morgan fingerprint density at radius 3 is 2.28 bits per heavy atom. The molecule has 0 saturated carbocycles. The summed E-state index contributed by atoms with van der Waals surface area (Å²) in [6.45, 7) is 7.52. The molecule has 2 atom stereocenters. The van der Waals surface area contributed by atoms with Crippen molar-refractivity contribution in [3.05, 3.63) is 0 Å². The van der Waals surface area contributed by atoms with Crippen LogP contribution in [-0.4, -0.2) is 25.2 Å². The number of nitrogens with zero attached hydrogens (tertiary/aromatic N) is 2. The van der Waals surface area contributed by atoms with E-state index in [4.69, 9.17) is 0 Å². The molecule has 0 rings (SSSR count). The third-order valence-electron chi connectivity index (χ3n) is 3.60. The molecule has 0 fully saturated rings. The Morgan fingerprint density at radius 2 is 1.78 bits per heavy atom. The summed E-state index contributed by atoms with van der Waals surface area (Å²) in [5, 5.41) is 0. The molecule has 102 valence electrons. The van der Waals surface area contributed by atoms with E-state index >= 15 is 0 Å². The Bertz CT molecular complexity index is 318. The van der Waals surface area contributed by atoms with E-state index in [1.807, 2.05) is 0 Å². The predicted molar refractivity (Wildman–Crippen MR) is 72.0 cm³/mol. The van der Waals surface area contributed by atoms with Gasteiger partial charge in [0, 0.05) is 0 Å². The summed E-state index contributed by atoms with van der Waals surface area (Å²) in [4.78, 5) is 27.6. The van der Waals surface area contributed by atoms with E-state index in [2.05, 4.69) is 30.8 Å². The van der Waals surface area contributed by atoms with Gasteiger partial charge in [-0.2, -0.15) is 0 Å². The van der Waals surface area contributed by atoms with Crippen molar-refractivity contribution in [2.45, 2.75) is 52.9 Å². The Labute approximate surface area is 110 Å². The summed E-state index contributed by atoms with van der Waals surface area (Å²) in [6.07, 6.45) is 8.40. The lowest BCUT2D eigenvalue weighted by Crippen LogP contribution is -2.25. The van der Waals surface area contributed by atoms with Crippen LogP contribution in [0.15, 0.2) is 9.98 Å². The highest BCUT2D eigenvalue weighted by Gasteiger charge is 2.28. The van der Waals surface area contributed by atoms with E-state index in [1.165, 1.54) is 0 Å². The van der Waals surface area contributed by atoms with Gasteiger partial charge >= 0.3 is 0 Å². The summed E-state index contributed by atoms with van der Waals surface area (Å²) in [6, 6.07) is 0. The van der Waals surface area contributed by atoms with Gasteiger partial charge < -0.3 is 0 Å². The normalized spacial score (nSPS) is 15.1. The minimum absolute atomic E-state index is 0.201. The van der Waals surface area contributed by atoms with Crippen LogP contribution in [0.4, 0.5) is 0 Å². The van der Waals surface area contributed by atoms with Crippen molar-refractivity contribution >= 4 is 12.2 Å². The second-order valence-corrected chi connectivity index (χ2v) is 5.07. The van der Waals surface area contributed by atoms with Crippen LogP contribution in [0.5, 0.6) is 0 Å². The Morgan fingerprint density at radius 1 is 1.11 bits per heavy atom. The minimum atomic E-state index is 0.201. The number of hydrogen-bond acceptors (Lipinski definition) is 4. The van der Waals surface area contributed by atoms with Crippen LogP contribution < -0.4 is 0 Å². The molecular weight excluding hydrogens is 228 g/mol. The smallest absolute Gasteiger partial charge is 0.211 e. The van der Waals surface area contributed by atoms with Crippen molar-refractivity contribution in [2.75, 3.05) is 13.1 Å². The molecular formula is C14H24N2O2. The molecule has 18 heavy (non-hydrogen) atoms. The summed E-state index contributed by atoms with van der Waals surface area (Å²) in [5.41, 5.74) is 0.201. The summed E-state index contributed by atoms with van der Waals surface area (Å²) < 4.78 is 0. The molecule has 0 heterocycles. The number of isocyanates is 2. The van der Waals surface area contributed by atoms with Gasteiger partial charge in [0.1, 0.15) is 0 Å². The highest BCUT2D eigenvalue weighted by molar-refractivity contribution is 5.33. The average Bonchev–Trinajstić information content (AvgIpc) is 2.36. The van der Waals surface area contributed by atoms with E-state index in [1.54, 1.807) is 12.2 Å². The fraction of sp³-hybridized carbons (Fsp3) is 0.857. The zero-order valence-electron chi connectivity index (χ0n) is 11.7. The Hall–Kier alpha value is -1.24. The zero-order chi connectivity index (χ0) is 13.9. The zero-order valence-corrected chi connectivity index (χ0v) is 11.7. The molecule has 0 saturated heterocycles. The molecule has 0 aliphatic heterocycles. The fourth-order valence-electron chi connectivity index (χ4n) is 2.69. The quantitative estimate of drug-likeness (QED) is 0.442. The first-order chi connectivity index (χ1) is 8.64. The highest BCUT2D eigenvalue weighted by atomic mass is 16.1. The molecule has 0 aromatic rings. The largest absolute Gasteiger partial charge is 0.234 e. The van der Waals surface area contributed by atoms with E-state index in [0.717, 1.165) is 32.1 Å². The van der Waals surface area contributed by atoms with Gasteiger partial charge in [-0.3, -0.25) is 0 Å². The van der Waals surface area contributed by atoms with E-state index in [0.29, 0.717) is 19.0 Å². The van der Waals surface area contributed by atoms with E-state index in [-0.39, 0.29) is 5.41 Å². The monoisotopic (exact) mass is 252 g/mol. The molecule has 0 aromatic carbocycles. The van der Waals surface area contributed by atoms with Crippen LogP contribution in [-0.2, 0) is 9.59 Å². The number of hydrogen-bond donors (Lipinski definition) is 0. The molecule has 0 amide bonds. The first kappa shape index (κ1) is 16.8. The number of rotatable bonds is 10. The third kappa shape index (κ3) is 6.48. The molecule has 4 heteroatoms. The van der Waals surface area contributed by atoms with Gasteiger partial charge in [-0.1, -0.05) is 33.6 Å². The standard InChI is InChI=1S/C14H24N2O2/c1-4-6-14(5-2,7-8-15-11-17)9-13(3)10-16-12-18/h13H,4-10H2,1-3H3. The van der Waals surface area contributed by atoms with Crippen LogP contribution in [0, 0.1) is 11.3 Å². The molecule has 0 N–H and O–H groups in total. The molecule has 0 spiro atoms. The first-order valence-corrected chi connectivity index (χ1v) is 6.71. The molecule has 0 radical (unpaired) electrons. The van der Waals surface area contributed by atoms with Crippen molar-refractivity contribution in [3.63, 3.8) is 0 Å². The second-order valence-electron chi connectivity index (χ2n) is 5.07. The maximum Gasteiger partial charge on any atom is 0.234 e. The third-order valence-corrected chi connectivity index (χ3v) is 3.60. The van der Waals surface area contributed by atoms with Crippen LogP contribution in [0.2, 0.25) is 0 Å². The summed E-state index contributed by atoms with van der Waals surface area (Å²) >= 11 is 0. The Balaban J connectivity index is 4.60.